The highest BCUT2D eigenvalue weighted by atomic mass is 16.5. The normalized spacial score (nSPS) is 28.6. The molecule has 1 saturated carbocycles. The molecule has 0 bridgehead atoms. The standard InChI is InChI=1S/C13H21N3O2/c1-7-6-8(16-18-7)9(17)15-11-12(2,3)10(14)13(11,4)5/h6,10-11H,14H2,1-5H3,(H,15,17). The molecule has 0 spiro atoms. The molecule has 0 saturated heterocycles. The van der Waals surface area contributed by atoms with Crippen molar-refractivity contribution in [3.05, 3.63) is 17.5 Å². The van der Waals surface area contributed by atoms with Gasteiger partial charge in [-0.25, -0.2) is 0 Å². The maximum atomic E-state index is 12.1. The third-order valence-corrected chi connectivity index (χ3v) is 4.23. The molecule has 0 atom stereocenters. The lowest BCUT2D eigenvalue weighted by atomic mass is 9.48. The van der Waals surface area contributed by atoms with Crippen molar-refractivity contribution in [2.75, 3.05) is 0 Å². The average molecular weight is 251 g/mol. The van der Waals surface area contributed by atoms with Gasteiger partial charge in [-0.3, -0.25) is 4.79 Å². The van der Waals surface area contributed by atoms with E-state index in [0.29, 0.717) is 11.5 Å². The highest BCUT2D eigenvalue weighted by Crippen LogP contribution is 2.52. The van der Waals surface area contributed by atoms with Crippen molar-refractivity contribution in [3.63, 3.8) is 0 Å². The summed E-state index contributed by atoms with van der Waals surface area (Å²) in [6.45, 7) is 10.0. The summed E-state index contributed by atoms with van der Waals surface area (Å²) in [5.41, 5.74) is 6.25. The second-order valence-electron chi connectivity index (χ2n) is 6.35. The Morgan fingerprint density at radius 1 is 1.39 bits per heavy atom. The number of rotatable bonds is 2. The summed E-state index contributed by atoms with van der Waals surface area (Å²) in [6.07, 6.45) is 0. The molecule has 1 aromatic heterocycles. The number of hydrogen-bond donors (Lipinski definition) is 2. The number of aromatic nitrogens is 1. The predicted molar refractivity (Wildman–Crippen MR) is 68.0 cm³/mol. The van der Waals surface area contributed by atoms with Gasteiger partial charge in [0.1, 0.15) is 5.76 Å². The summed E-state index contributed by atoms with van der Waals surface area (Å²) < 4.78 is 4.91. The fourth-order valence-electron chi connectivity index (χ4n) is 3.23. The van der Waals surface area contributed by atoms with Crippen LogP contribution in [0.4, 0.5) is 0 Å². The van der Waals surface area contributed by atoms with Crippen LogP contribution in [0.25, 0.3) is 0 Å². The lowest BCUT2D eigenvalue weighted by Gasteiger charge is -2.62. The topological polar surface area (TPSA) is 81.2 Å². The van der Waals surface area contributed by atoms with Gasteiger partial charge in [-0.2, -0.15) is 0 Å². The lowest BCUT2D eigenvalue weighted by molar-refractivity contribution is -0.0664. The van der Waals surface area contributed by atoms with Crippen molar-refractivity contribution in [1.29, 1.82) is 0 Å². The molecule has 0 aliphatic heterocycles. The van der Waals surface area contributed by atoms with Crippen LogP contribution in [-0.4, -0.2) is 23.1 Å². The molecular weight excluding hydrogens is 230 g/mol. The number of carbonyl (C=O) groups is 1. The smallest absolute Gasteiger partial charge is 0.273 e. The zero-order chi connectivity index (χ0) is 13.7. The van der Waals surface area contributed by atoms with Gasteiger partial charge < -0.3 is 15.6 Å². The molecule has 0 radical (unpaired) electrons. The van der Waals surface area contributed by atoms with E-state index in [1.807, 2.05) is 0 Å². The molecule has 1 aliphatic rings. The number of aryl methyl sites for hydroxylation is 1. The number of nitrogens with zero attached hydrogens (tertiary/aromatic N) is 1. The largest absolute Gasteiger partial charge is 0.361 e. The van der Waals surface area contributed by atoms with Gasteiger partial charge in [0.25, 0.3) is 5.91 Å². The first-order valence-corrected chi connectivity index (χ1v) is 6.17. The number of carbonyl (C=O) groups excluding carboxylic acids is 1. The minimum atomic E-state index is -0.204. The Hall–Kier alpha value is -1.36. The summed E-state index contributed by atoms with van der Waals surface area (Å²) in [7, 11) is 0. The first-order valence-electron chi connectivity index (χ1n) is 6.17. The third kappa shape index (κ3) is 1.73. The maximum absolute atomic E-state index is 12.1. The summed E-state index contributed by atoms with van der Waals surface area (Å²) in [5, 5.41) is 6.74. The lowest BCUT2D eigenvalue weighted by Crippen LogP contribution is -2.76. The van der Waals surface area contributed by atoms with Crippen molar-refractivity contribution in [3.8, 4) is 0 Å². The Morgan fingerprint density at radius 3 is 2.39 bits per heavy atom. The Morgan fingerprint density at radius 2 is 1.94 bits per heavy atom. The minimum Gasteiger partial charge on any atom is -0.361 e. The van der Waals surface area contributed by atoms with E-state index in [9.17, 15) is 4.79 Å². The fourth-order valence-corrected chi connectivity index (χ4v) is 3.23. The van der Waals surface area contributed by atoms with E-state index in [4.69, 9.17) is 10.3 Å². The van der Waals surface area contributed by atoms with Crippen LogP contribution in [-0.2, 0) is 0 Å². The molecule has 0 unspecified atom stereocenters. The highest BCUT2D eigenvalue weighted by Gasteiger charge is 2.60. The second kappa shape index (κ2) is 3.82. The van der Waals surface area contributed by atoms with Crippen molar-refractivity contribution in [2.45, 2.75) is 46.7 Å². The summed E-state index contributed by atoms with van der Waals surface area (Å²) >= 11 is 0. The van der Waals surface area contributed by atoms with E-state index in [0.717, 1.165) is 0 Å². The van der Waals surface area contributed by atoms with Gasteiger partial charge in [-0.1, -0.05) is 32.9 Å². The van der Waals surface area contributed by atoms with Gasteiger partial charge in [0.05, 0.1) is 0 Å². The maximum Gasteiger partial charge on any atom is 0.273 e. The molecule has 2 rings (SSSR count). The van der Waals surface area contributed by atoms with Crippen molar-refractivity contribution >= 4 is 5.91 Å². The van der Waals surface area contributed by atoms with Crippen LogP contribution in [0.15, 0.2) is 10.6 Å². The SMILES string of the molecule is Cc1cc(C(=O)NC2C(C)(C)C(N)C2(C)C)no1. The summed E-state index contributed by atoms with van der Waals surface area (Å²) in [6, 6.07) is 1.73. The second-order valence-corrected chi connectivity index (χ2v) is 6.35. The molecule has 1 fully saturated rings. The van der Waals surface area contributed by atoms with E-state index in [1.165, 1.54) is 0 Å². The van der Waals surface area contributed by atoms with Crippen LogP contribution in [0, 0.1) is 17.8 Å². The van der Waals surface area contributed by atoms with E-state index < -0.39 is 0 Å². The van der Waals surface area contributed by atoms with E-state index in [-0.39, 0.29) is 28.8 Å². The van der Waals surface area contributed by atoms with Gasteiger partial charge >= 0.3 is 0 Å². The average Bonchev–Trinajstić information content (AvgIpc) is 2.71. The fraction of sp³-hybridized carbons (Fsp3) is 0.692. The Labute approximate surface area is 107 Å². The van der Waals surface area contributed by atoms with Crippen LogP contribution < -0.4 is 11.1 Å². The van der Waals surface area contributed by atoms with Crippen LogP contribution in [0.2, 0.25) is 0 Å². The minimum absolute atomic E-state index is 0.0320. The number of nitrogens with one attached hydrogen (secondary N) is 1. The molecular formula is C13H21N3O2. The zero-order valence-electron chi connectivity index (χ0n) is 11.6. The molecule has 18 heavy (non-hydrogen) atoms. The van der Waals surface area contributed by atoms with Crippen molar-refractivity contribution in [1.82, 2.24) is 10.5 Å². The van der Waals surface area contributed by atoms with Gasteiger partial charge in [-0.15, -0.1) is 0 Å². The molecule has 1 heterocycles. The Bertz CT molecular complexity index is 460. The van der Waals surface area contributed by atoms with Crippen molar-refractivity contribution < 1.29 is 9.32 Å². The molecule has 3 N–H and O–H groups in total. The van der Waals surface area contributed by atoms with Gasteiger partial charge in [0.15, 0.2) is 5.69 Å². The first-order chi connectivity index (χ1) is 8.17. The summed E-state index contributed by atoms with van der Waals surface area (Å²) in [5.74, 6) is 0.425. The van der Waals surface area contributed by atoms with E-state index in [1.54, 1.807) is 13.0 Å². The molecule has 5 nitrogen and oxygen atoms in total. The predicted octanol–water partition coefficient (Wildman–Crippen LogP) is 1.47. The molecule has 100 valence electrons. The molecule has 1 amide bonds. The zero-order valence-corrected chi connectivity index (χ0v) is 11.6. The van der Waals surface area contributed by atoms with Crippen LogP contribution in [0.3, 0.4) is 0 Å². The van der Waals surface area contributed by atoms with Gasteiger partial charge in [0.2, 0.25) is 0 Å². The third-order valence-electron chi connectivity index (χ3n) is 4.23. The number of amides is 1. The molecule has 1 aromatic rings. The van der Waals surface area contributed by atoms with Gasteiger partial charge in [0, 0.05) is 29.0 Å². The monoisotopic (exact) mass is 251 g/mol. The summed E-state index contributed by atoms with van der Waals surface area (Å²) in [4.78, 5) is 12.1. The first kappa shape index (κ1) is 13.1. The highest BCUT2D eigenvalue weighted by molar-refractivity contribution is 5.92. The van der Waals surface area contributed by atoms with Crippen LogP contribution in [0.5, 0.6) is 0 Å². The Kier molecular flexibility index (Phi) is 2.77. The molecule has 1 aliphatic carbocycles. The quantitative estimate of drug-likeness (QED) is 0.834. The van der Waals surface area contributed by atoms with Gasteiger partial charge in [-0.05, 0) is 6.92 Å². The molecule has 0 aromatic carbocycles. The van der Waals surface area contributed by atoms with Crippen LogP contribution >= 0.6 is 0 Å². The molecule has 5 heteroatoms. The van der Waals surface area contributed by atoms with E-state index >= 15 is 0 Å². The number of hydrogen-bond acceptors (Lipinski definition) is 4. The van der Waals surface area contributed by atoms with E-state index in [2.05, 4.69) is 38.2 Å². The number of nitrogens with two attached hydrogens (primary N) is 1. The van der Waals surface area contributed by atoms with Crippen molar-refractivity contribution in [2.24, 2.45) is 16.6 Å². The van der Waals surface area contributed by atoms with Crippen LogP contribution in [0.1, 0.15) is 43.9 Å². The Balaban J connectivity index is 2.13.